The van der Waals surface area contributed by atoms with Gasteiger partial charge in [0.05, 0.1) is 0 Å². The summed E-state index contributed by atoms with van der Waals surface area (Å²) in [6.45, 7) is 3.89. The highest BCUT2D eigenvalue weighted by Crippen LogP contribution is 2.22. The van der Waals surface area contributed by atoms with Gasteiger partial charge < -0.3 is 10.1 Å². The molecule has 0 radical (unpaired) electrons. The second-order valence-electron chi connectivity index (χ2n) is 5.07. The van der Waals surface area contributed by atoms with Gasteiger partial charge in [0, 0.05) is 11.4 Å². The Balaban J connectivity index is 4.11. The topological polar surface area (TPSA) is 38.3 Å². The van der Waals surface area contributed by atoms with E-state index in [9.17, 15) is 18.0 Å². The van der Waals surface area contributed by atoms with Crippen LogP contribution in [0.3, 0.4) is 0 Å². The van der Waals surface area contributed by atoms with Crippen LogP contribution in [0.15, 0.2) is 0 Å². The normalized spacial score (nSPS) is 14.4. The number of carbonyl (C=O) groups excluding carboxylic acids is 1. The zero-order valence-electron chi connectivity index (χ0n) is 10.7. The molecule has 108 valence electrons. The van der Waals surface area contributed by atoms with Crippen LogP contribution < -0.4 is 5.32 Å². The van der Waals surface area contributed by atoms with Crippen LogP contribution in [0.25, 0.3) is 0 Å². The van der Waals surface area contributed by atoms with Crippen molar-refractivity contribution >= 4 is 21.8 Å². The van der Waals surface area contributed by atoms with E-state index in [0.717, 1.165) is 0 Å². The molecule has 1 unspecified atom stereocenters. The minimum Gasteiger partial charge on any atom is -0.362 e. The van der Waals surface area contributed by atoms with Gasteiger partial charge in [0.2, 0.25) is 5.91 Å². The maximum atomic E-state index is 11.8. The van der Waals surface area contributed by atoms with Crippen molar-refractivity contribution in [1.29, 1.82) is 0 Å². The largest absolute Gasteiger partial charge is 0.411 e. The van der Waals surface area contributed by atoms with Crippen LogP contribution in [0.1, 0.15) is 27.2 Å². The molecule has 0 rings (SSSR count). The summed E-state index contributed by atoms with van der Waals surface area (Å²) in [7, 11) is 0. The number of hydrogen-bond donors (Lipinski definition) is 1. The van der Waals surface area contributed by atoms with Gasteiger partial charge in [0.15, 0.2) is 0 Å². The van der Waals surface area contributed by atoms with Gasteiger partial charge in [-0.2, -0.15) is 13.2 Å². The molecule has 0 aromatic heterocycles. The number of carbonyl (C=O) groups is 1. The molecule has 1 amide bonds. The summed E-state index contributed by atoms with van der Waals surface area (Å²) in [6.07, 6.45) is -3.70. The Hall–Kier alpha value is -0.300. The van der Waals surface area contributed by atoms with Gasteiger partial charge in [-0.1, -0.05) is 36.7 Å². The molecular weight excluding hydrogens is 315 g/mol. The molecule has 18 heavy (non-hydrogen) atoms. The lowest BCUT2D eigenvalue weighted by molar-refractivity contribution is -0.175. The summed E-state index contributed by atoms with van der Waals surface area (Å²) in [5, 5.41) is 3.39. The monoisotopic (exact) mass is 333 g/mol. The number of ether oxygens (including phenoxy) is 1. The summed E-state index contributed by atoms with van der Waals surface area (Å²) >= 11 is 3.28. The highest BCUT2D eigenvalue weighted by Gasteiger charge is 2.29. The van der Waals surface area contributed by atoms with Gasteiger partial charge in [-0.25, -0.2) is 0 Å². The lowest BCUT2D eigenvalue weighted by atomic mass is 9.85. The van der Waals surface area contributed by atoms with Crippen molar-refractivity contribution in [1.82, 2.24) is 5.32 Å². The molecule has 0 aromatic rings. The maximum absolute atomic E-state index is 11.8. The van der Waals surface area contributed by atoms with Gasteiger partial charge in [-0.3, -0.25) is 4.79 Å². The predicted octanol–water partition coefficient (Wildman–Crippen LogP) is 2.88. The van der Waals surface area contributed by atoms with Crippen molar-refractivity contribution < 1.29 is 22.7 Å². The van der Waals surface area contributed by atoms with Crippen LogP contribution >= 0.6 is 15.9 Å². The van der Waals surface area contributed by atoms with Crippen molar-refractivity contribution in [2.24, 2.45) is 5.41 Å². The number of nitrogens with one attached hydrogen (secondary N) is 1. The zero-order valence-corrected chi connectivity index (χ0v) is 12.3. The third kappa shape index (κ3) is 8.74. The molecule has 0 aromatic carbocycles. The van der Waals surface area contributed by atoms with Crippen LogP contribution in [0, 0.1) is 5.41 Å². The summed E-state index contributed by atoms with van der Waals surface area (Å²) in [5.74, 6) is -0.528. The Labute approximate surface area is 114 Å². The lowest BCUT2D eigenvalue weighted by Gasteiger charge is -2.31. The molecule has 0 fully saturated rings. The molecule has 0 heterocycles. The Bertz CT molecular complexity index is 264. The highest BCUT2D eigenvalue weighted by atomic mass is 79.9. The minimum atomic E-state index is -4.40. The average molecular weight is 334 g/mol. The fourth-order valence-electron chi connectivity index (χ4n) is 1.33. The number of amides is 1. The molecule has 0 aliphatic carbocycles. The minimum absolute atomic E-state index is 0.112. The molecule has 0 aliphatic rings. The number of hydrogen-bond acceptors (Lipinski definition) is 2. The summed E-state index contributed by atoms with van der Waals surface area (Å²) in [5.41, 5.74) is -0.159. The molecule has 1 atom stereocenters. The second kappa shape index (κ2) is 7.33. The number of rotatable bonds is 6. The highest BCUT2D eigenvalue weighted by molar-refractivity contribution is 9.09. The smallest absolute Gasteiger partial charge is 0.362 e. The molecule has 7 heteroatoms. The van der Waals surface area contributed by atoms with E-state index < -0.39 is 25.3 Å². The van der Waals surface area contributed by atoms with Gasteiger partial charge in [0.25, 0.3) is 0 Å². The van der Waals surface area contributed by atoms with Crippen molar-refractivity contribution in [3.05, 3.63) is 0 Å². The molecule has 1 N–H and O–H groups in total. The van der Waals surface area contributed by atoms with E-state index in [1.54, 1.807) is 0 Å². The van der Waals surface area contributed by atoms with Crippen molar-refractivity contribution in [2.45, 2.75) is 39.4 Å². The zero-order chi connectivity index (χ0) is 14.4. The summed E-state index contributed by atoms with van der Waals surface area (Å²) < 4.78 is 39.7. The van der Waals surface area contributed by atoms with E-state index in [4.69, 9.17) is 0 Å². The second-order valence-corrected chi connectivity index (χ2v) is 5.86. The fraction of sp³-hybridized carbons (Fsp3) is 0.909. The predicted molar refractivity (Wildman–Crippen MR) is 66.7 cm³/mol. The fourth-order valence-corrected chi connectivity index (χ4v) is 1.78. The van der Waals surface area contributed by atoms with Gasteiger partial charge in [-0.15, -0.1) is 0 Å². The first-order valence-electron chi connectivity index (χ1n) is 5.56. The lowest BCUT2D eigenvalue weighted by Crippen LogP contribution is -2.45. The summed E-state index contributed by atoms with van der Waals surface area (Å²) in [4.78, 5) is 11.4. The first-order valence-corrected chi connectivity index (χ1v) is 6.68. The van der Waals surface area contributed by atoms with E-state index in [1.807, 2.05) is 20.8 Å². The van der Waals surface area contributed by atoms with Crippen LogP contribution in [-0.4, -0.2) is 36.7 Å². The molecule has 3 nitrogen and oxygen atoms in total. The molecule has 0 bridgehead atoms. The van der Waals surface area contributed by atoms with E-state index in [-0.39, 0.29) is 11.5 Å². The Morgan fingerprint density at radius 3 is 2.28 bits per heavy atom. The standard InChI is InChI=1S/C11H19BrF3NO2/c1-10(2,3)8(4-5-12)16-9(17)6-18-7-11(13,14)15/h8H,4-7H2,1-3H3,(H,16,17). The first-order chi connectivity index (χ1) is 8.06. The van der Waals surface area contributed by atoms with Gasteiger partial charge >= 0.3 is 6.18 Å². The van der Waals surface area contributed by atoms with Gasteiger partial charge in [0.1, 0.15) is 13.2 Å². The third-order valence-corrected chi connectivity index (χ3v) is 2.74. The van der Waals surface area contributed by atoms with E-state index in [2.05, 4.69) is 26.0 Å². The van der Waals surface area contributed by atoms with Crippen LogP contribution in [0.5, 0.6) is 0 Å². The molecule has 0 aliphatic heterocycles. The summed E-state index contributed by atoms with van der Waals surface area (Å²) in [6, 6.07) is -0.112. The molecule has 0 spiro atoms. The van der Waals surface area contributed by atoms with Crippen molar-refractivity contribution in [3.63, 3.8) is 0 Å². The third-order valence-electron chi connectivity index (χ3n) is 2.28. The van der Waals surface area contributed by atoms with Crippen LogP contribution in [-0.2, 0) is 9.53 Å². The molecule has 0 saturated heterocycles. The van der Waals surface area contributed by atoms with Gasteiger partial charge in [-0.05, 0) is 11.8 Å². The molecule has 0 saturated carbocycles. The van der Waals surface area contributed by atoms with E-state index in [0.29, 0.717) is 11.8 Å². The Morgan fingerprint density at radius 1 is 1.33 bits per heavy atom. The van der Waals surface area contributed by atoms with E-state index >= 15 is 0 Å². The maximum Gasteiger partial charge on any atom is 0.411 e. The Morgan fingerprint density at radius 2 is 1.89 bits per heavy atom. The first kappa shape index (κ1) is 17.7. The van der Waals surface area contributed by atoms with E-state index in [1.165, 1.54) is 0 Å². The van der Waals surface area contributed by atoms with Crippen LogP contribution in [0.4, 0.5) is 13.2 Å². The SMILES string of the molecule is CC(C)(C)C(CCBr)NC(=O)COCC(F)(F)F. The van der Waals surface area contributed by atoms with Crippen molar-refractivity contribution in [2.75, 3.05) is 18.5 Å². The quantitative estimate of drug-likeness (QED) is 0.759. The van der Waals surface area contributed by atoms with Crippen LogP contribution in [0.2, 0.25) is 0 Å². The average Bonchev–Trinajstić information content (AvgIpc) is 2.13. The Kier molecular flexibility index (Phi) is 7.21. The number of alkyl halides is 4. The number of halogens is 4. The van der Waals surface area contributed by atoms with Crippen molar-refractivity contribution in [3.8, 4) is 0 Å². The molecular formula is C11H19BrF3NO2.